The van der Waals surface area contributed by atoms with Crippen molar-refractivity contribution in [3.63, 3.8) is 0 Å². The van der Waals surface area contributed by atoms with E-state index in [1.807, 2.05) is 0 Å². The minimum atomic E-state index is -2.76. The predicted molar refractivity (Wildman–Crippen MR) is 76.9 cm³/mol. The summed E-state index contributed by atoms with van der Waals surface area (Å²) in [5, 5.41) is 5.60. The van der Waals surface area contributed by atoms with Gasteiger partial charge in [-0.15, -0.1) is 11.3 Å². The minimum absolute atomic E-state index is 0.305. The van der Waals surface area contributed by atoms with Crippen molar-refractivity contribution in [2.24, 2.45) is 5.92 Å². The lowest BCUT2D eigenvalue weighted by molar-refractivity contribution is 0.421. The molecule has 3 nitrogen and oxygen atoms in total. The van der Waals surface area contributed by atoms with Gasteiger partial charge in [0.05, 0.1) is 11.5 Å². The first-order valence-electron chi connectivity index (χ1n) is 6.49. The Labute approximate surface area is 114 Å². The Morgan fingerprint density at radius 1 is 1.56 bits per heavy atom. The molecule has 1 fully saturated rings. The van der Waals surface area contributed by atoms with Crippen LogP contribution in [0.3, 0.4) is 0 Å². The van der Waals surface area contributed by atoms with Crippen molar-refractivity contribution in [1.29, 1.82) is 0 Å². The third kappa shape index (κ3) is 3.33. The first kappa shape index (κ1) is 14.0. The van der Waals surface area contributed by atoms with Crippen LogP contribution in [-0.4, -0.2) is 26.5 Å². The van der Waals surface area contributed by atoms with Crippen molar-refractivity contribution in [3.8, 4) is 0 Å². The lowest BCUT2D eigenvalue weighted by Gasteiger charge is -2.21. The molecule has 0 bridgehead atoms. The molecule has 5 heteroatoms. The molecule has 2 rings (SSSR count). The predicted octanol–water partition coefficient (Wildman–Crippen LogP) is 2.53. The zero-order chi connectivity index (χ0) is 13.2. The van der Waals surface area contributed by atoms with E-state index in [1.165, 1.54) is 10.4 Å². The smallest absolute Gasteiger partial charge is 0.150 e. The highest BCUT2D eigenvalue weighted by molar-refractivity contribution is 7.91. The van der Waals surface area contributed by atoms with E-state index in [2.05, 4.69) is 30.6 Å². The van der Waals surface area contributed by atoms with Crippen LogP contribution in [0.15, 0.2) is 11.4 Å². The second kappa shape index (κ2) is 5.72. The fourth-order valence-electron chi connectivity index (χ4n) is 2.71. The Bertz CT molecular complexity index is 493. The molecule has 1 aliphatic heterocycles. The molecular formula is C13H21NO2S2. The maximum atomic E-state index is 11.5. The Morgan fingerprint density at radius 2 is 2.33 bits per heavy atom. The molecule has 1 N–H and O–H groups in total. The highest BCUT2D eigenvalue weighted by Crippen LogP contribution is 2.31. The van der Waals surface area contributed by atoms with E-state index in [9.17, 15) is 8.42 Å². The normalized spacial score (nSPS) is 24.2. The van der Waals surface area contributed by atoms with Gasteiger partial charge in [-0.25, -0.2) is 8.42 Å². The lowest BCUT2D eigenvalue weighted by Crippen LogP contribution is -2.24. The number of rotatable bonds is 5. The Balaban J connectivity index is 2.06. The monoisotopic (exact) mass is 287 g/mol. The summed E-state index contributed by atoms with van der Waals surface area (Å²) >= 11 is 1.76. The summed E-state index contributed by atoms with van der Waals surface area (Å²) in [5.41, 5.74) is 1.34. The van der Waals surface area contributed by atoms with Gasteiger partial charge in [0.15, 0.2) is 9.84 Å². The molecule has 0 aliphatic carbocycles. The summed E-state index contributed by atoms with van der Waals surface area (Å²) in [5.74, 6) is 1.07. The molecule has 0 saturated carbocycles. The molecule has 0 spiro atoms. The van der Waals surface area contributed by atoms with Gasteiger partial charge >= 0.3 is 0 Å². The molecule has 2 atom stereocenters. The molecule has 1 aromatic rings. The number of hydrogen-bond acceptors (Lipinski definition) is 4. The number of thiophene rings is 1. The van der Waals surface area contributed by atoms with Gasteiger partial charge in [-0.1, -0.05) is 6.92 Å². The van der Waals surface area contributed by atoms with Crippen LogP contribution in [0.2, 0.25) is 0 Å². The van der Waals surface area contributed by atoms with Crippen molar-refractivity contribution < 1.29 is 8.42 Å². The SMILES string of the molecule is CCNC(CC1CCS(=O)(=O)C1)c1ccsc1C. The van der Waals surface area contributed by atoms with E-state index in [4.69, 9.17) is 0 Å². The van der Waals surface area contributed by atoms with Gasteiger partial charge in [0.2, 0.25) is 0 Å². The number of aryl methyl sites for hydroxylation is 1. The molecule has 0 radical (unpaired) electrons. The lowest BCUT2D eigenvalue weighted by atomic mass is 9.94. The highest BCUT2D eigenvalue weighted by atomic mass is 32.2. The molecule has 1 aromatic heterocycles. The van der Waals surface area contributed by atoms with Gasteiger partial charge in [-0.05, 0) is 49.2 Å². The van der Waals surface area contributed by atoms with Crippen molar-refractivity contribution >= 4 is 21.2 Å². The van der Waals surface area contributed by atoms with Crippen molar-refractivity contribution in [2.75, 3.05) is 18.1 Å². The summed E-state index contributed by atoms with van der Waals surface area (Å²) in [6.07, 6.45) is 1.76. The van der Waals surface area contributed by atoms with E-state index >= 15 is 0 Å². The van der Waals surface area contributed by atoms with Crippen molar-refractivity contribution in [3.05, 3.63) is 21.9 Å². The van der Waals surface area contributed by atoms with Crippen LogP contribution in [0.5, 0.6) is 0 Å². The van der Waals surface area contributed by atoms with Crippen LogP contribution in [0, 0.1) is 12.8 Å². The van der Waals surface area contributed by atoms with Gasteiger partial charge in [0, 0.05) is 10.9 Å². The van der Waals surface area contributed by atoms with Gasteiger partial charge in [-0.2, -0.15) is 0 Å². The van der Waals surface area contributed by atoms with E-state index in [1.54, 1.807) is 11.3 Å². The maximum Gasteiger partial charge on any atom is 0.150 e. The van der Waals surface area contributed by atoms with Gasteiger partial charge < -0.3 is 5.32 Å². The van der Waals surface area contributed by atoms with E-state index in [0.717, 1.165) is 19.4 Å². The Morgan fingerprint density at radius 3 is 2.83 bits per heavy atom. The van der Waals surface area contributed by atoms with Crippen LogP contribution in [0.25, 0.3) is 0 Å². The minimum Gasteiger partial charge on any atom is -0.310 e. The second-order valence-corrected chi connectivity index (χ2v) is 8.40. The standard InChI is InChI=1S/C13H21NO2S2/c1-3-14-13(12-4-6-17-10(12)2)8-11-5-7-18(15,16)9-11/h4,6,11,13-14H,3,5,7-9H2,1-2H3. The molecular weight excluding hydrogens is 266 g/mol. The van der Waals surface area contributed by atoms with Crippen LogP contribution in [0.4, 0.5) is 0 Å². The molecule has 2 heterocycles. The van der Waals surface area contributed by atoms with Crippen LogP contribution >= 0.6 is 11.3 Å². The third-order valence-electron chi connectivity index (χ3n) is 3.62. The Kier molecular flexibility index (Phi) is 4.45. The third-order valence-corrected chi connectivity index (χ3v) is 6.32. The largest absolute Gasteiger partial charge is 0.310 e. The quantitative estimate of drug-likeness (QED) is 0.905. The number of nitrogens with one attached hydrogen (secondary N) is 1. The van der Waals surface area contributed by atoms with E-state index in [-0.39, 0.29) is 0 Å². The molecule has 0 amide bonds. The van der Waals surface area contributed by atoms with E-state index in [0.29, 0.717) is 23.5 Å². The molecule has 1 aliphatic rings. The first-order chi connectivity index (χ1) is 8.52. The fourth-order valence-corrected chi connectivity index (χ4v) is 5.36. The average molecular weight is 287 g/mol. The van der Waals surface area contributed by atoms with Gasteiger partial charge in [0.25, 0.3) is 0 Å². The Hall–Kier alpha value is -0.390. The topological polar surface area (TPSA) is 46.2 Å². The highest BCUT2D eigenvalue weighted by Gasteiger charge is 2.30. The van der Waals surface area contributed by atoms with Crippen LogP contribution < -0.4 is 5.32 Å². The molecule has 1 saturated heterocycles. The molecule has 2 unspecified atom stereocenters. The van der Waals surface area contributed by atoms with Gasteiger partial charge in [-0.3, -0.25) is 0 Å². The second-order valence-electron chi connectivity index (χ2n) is 5.05. The molecule has 18 heavy (non-hydrogen) atoms. The number of hydrogen-bond donors (Lipinski definition) is 1. The summed E-state index contributed by atoms with van der Waals surface area (Å²) in [4.78, 5) is 1.34. The van der Waals surface area contributed by atoms with E-state index < -0.39 is 9.84 Å². The van der Waals surface area contributed by atoms with Crippen molar-refractivity contribution in [2.45, 2.75) is 32.7 Å². The first-order valence-corrected chi connectivity index (χ1v) is 9.19. The molecule has 102 valence electrons. The summed E-state index contributed by atoms with van der Waals surface area (Å²) < 4.78 is 23.0. The van der Waals surface area contributed by atoms with Crippen LogP contribution in [-0.2, 0) is 9.84 Å². The number of sulfone groups is 1. The van der Waals surface area contributed by atoms with Gasteiger partial charge in [0.1, 0.15) is 0 Å². The van der Waals surface area contributed by atoms with Crippen molar-refractivity contribution in [1.82, 2.24) is 5.32 Å². The average Bonchev–Trinajstić information content (AvgIpc) is 2.84. The maximum absolute atomic E-state index is 11.5. The van der Waals surface area contributed by atoms with Crippen LogP contribution in [0.1, 0.15) is 36.2 Å². The molecule has 0 aromatic carbocycles. The summed E-state index contributed by atoms with van der Waals surface area (Å²) in [7, 11) is -2.76. The fraction of sp³-hybridized carbons (Fsp3) is 0.692. The summed E-state index contributed by atoms with van der Waals surface area (Å²) in [6.45, 7) is 5.15. The summed E-state index contributed by atoms with van der Waals surface area (Å²) in [6, 6.07) is 2.47. The zero-order valence-corrected chi connectivity index (χ0v) is 12.6. The zero-order valence-electron chi connectivity index (χ0n) is 11.0.